The number of nitrogens with zero attached hydrogens (tertiary/aromatic N) is 1. The minimum Gasteiger partial charge on any atom is -0.463 e. The average molecular weight is 265 g/mol. The van der Waals surface area contributed by atoms with E-state index in [1.807, 2.05) is 0 Å². The van der Waals surface area contributed by atoms with E-state index in [4.69, 9.17) is 4.74 Å². The summed E-state index contributed by atoms with van der Waals surface area (Å²) in [6, 6.07) is 5.88. The van der Waals surface area contributed by atoms with Crippen molar-refractivity contribution >= 4 is 17.3 Å². The maximum Gasteiger partial charge on any atom is 0.332 e. The normalized spacial score (nSPS) is 10.7. The minimum atomic E-state index is -0.469. The van der Waals surface area contributed by atoms with E-state index in [0.29, 0.717) is 18.0 Å². The zero-order valence-electron chi connectivity index (χ0n) is 10.7. The van der Waals surface area contributed by atoms with Gasteiger partial charge >= 0.3 is 5.97 Å². The molecule has 2 N–H and O–H groups in total. The summed E-state index contributed by atoms with van der Waals surface area (Å²) in [6.07, 6.45) is 1.31. The Balaban J connectivity index is 2.52. The molecule has 0 fully saturated rings. The van der Waals surface area contributed by atoms with E-state index in [9.17, 15) is 14.9 Å². The summed E-state index contributed by atoms with van der Waals surface area (Å²) < 4.78 is 4.75. The summed E-state index contributed by atoms with van der Waals surface area (Å²) in [6.45, 7) is 3.73. The third-order valence-corrected chi connectivity index (χ3v) is 2.10. The zero-order chi connectivity index (χ0) is 14.3. The molecule has 102 valence electrons. The number of esters is 1. The molecule has 0 saturated carbocycles. The van der Waals surface area contributed by atoms with Crippen LogP contribution in [0.2, 0.25) is 0 Å². The molecule has 1 rings (SSSR count). The lowest BCUT2D eigenvalue weighted by Gasteiger charge is -2.09. The second-order valence-electron chi connectivity index (χ2n) is 3.63. The van der Waals surface area contributed by atoms with E-state index >= 15 is 0 Å². The lowest BCUT2D eigenvalue weighted by molar-refractivity contribution is -0.384. The molecule has 7 heteroatoms. The van der Waals surface area contributed by atoms with Gasteiger partial charge in [-0.2, -0.15) is 0 Å². The summed E-state index contributed by atoms with van der Waals surface area (Å²) >= 11 is 0. The number of benzene rings is 1. The van der Waals surface area contributed by atoms with Gasteiger partial charge in [0.15, 0.2) is 0 Å². The molecule has 0 bridgehead atoms. The predicted octanol–water partition coefficient (Wildman–Crippen LogP) is 1.98. The van der Waals surface area contributed by atoms with E-state index in [1.54, 1.807) is 26.0 Å². The van der Waals surface area contributed by atoms with Crippen molar-refractivity contribution in [1.82, 2.24) is 5.43 Å². The smallest absolute Gasteiger partial charge is 0.332 e. The maximum atomic E-state index is 11.1. The number of nitrogens with one attached hydrogen (secondary N) is 2. The first-order chi connectivity index (χ1) is 9.02. The molecule has 0 aliphatic rings. The molecule has 0 radical (unpaired) electrons. The van der Waals surface area contributed by atoms with E-state index < -0.39 is 10.9 Å². The van der Waals surface area contributed by atoms with Gasteiger partial charge < -0.3 is 15.6 Å². The fourth-order valence-corrected chi connectivity index (χ4v) is 1.23. The minimum absolute atomic E-state index is 0.0179. The quantitative estimate of drug-likeness (QED) is 0.353. The largest absolute Gasteiger partial charge is 0.463 e. The SMILES string of the molecule is CCOC(=O)/C=C(\C)NNc1ccc([N+](=O)[O-])cc1. The van der Waals surface area contributed by atoms with Gasteiger partial charge in [-0.1, -0.05) is 0 Å². The molecule has 19 heavy (non-hydrogen) atoms. The fraction of sp³-hybridized carbons (Fsp3) is 0.250. The van der Waals surface area contributed by atoms with Crippen molar-refractivity contribution in [3.8, 4) is 0 Å². The van der Waals surface area contributed by atoms with Crippen LogP contribution in [0.25, 0.3) is 0 Å². The van der Waals surface area contributed by atoms with Crippen LogP contribution in [0.5, 0.6) is 0 Å². The van der Waals surface area contributed by atoms with Gasteiger partial charge in [0.05, 0.1) is 17.2 Å². The van der Waals surface area contributed by atoms with Crippen molar-refractivity contribution in [2.75, 3.05) is 12.0 Å². The molecule has 0 aromatic heterocycles. The summed E-state index contributed by atoms with van der Waals surface area (Å²) in [5.41, 5.74) is 6.81. The number of nitro groups is 1. The Kier molecular flexibility index (Phi) is 5.34. The van der Waals surface area contributed by atoms with Gasteiger partial charge in [0.25, 0.3) is 5.69 Å². The van der Waals surface area contributed by atoms with E-state index in [2.05, 4.69) is 10.9 Å². The number of hydrazine groups is 1. The standard InChI is InChI=1S/C12H15N3O4/c1-3-19-12(16)8-9(2)13-14-10-4-6-11(7-5-10)15(17)18/h4-8,13-14H,3H2,1-2H3/b9-8+. The van der Waals surface area contributed by atoms with Gasteiger partial charge in [-0.3, -0.25) is 10.1 Å². The van der Waals surface area contributed by atoms with Crippen LogP contribution in [-0.4, -0.2) is 17.5 Å². The third kappa shape index (κ3) is 5.07. The van der Waals surface area contributed by atoms with Crippen LogP contribution in [0.15, 0.2) is 36.0 Å². The fourth-order valence-electron chi connectivity index (χ4n) is 1.23. The van der Waals surface area contributed by atoms with Crippen LogP contribution in [0, 0.1) is 10.1 Å². The van der Waals surface area contributed by atoms with Crippen molar-refractivity contribution in [1.29, 1.82) is 0 Å². The van der Waals surface area contributed by atoms with Crippen LogP contribution >= 0.6 is 0 Å². The number of nitro benzene ring substituents is 1. The highest BCUT2D eigenvalue weighted by molar-refractivity contribution is 5.82. The number of hydrogen-bond acceptors (Lipinski definition) is 6. The lowest BCUT2D eigenvalue weighted by atomic mass is 10.3. The highest BCUT2D eigenvalue weighted by atomic mass is 16.6. The summed E-state index contributed by atoms with van der Waals surface area (Å²) in [5.74, 6) is -0.432. The van der Waals surface area contributed by atoms with Gasteiger partial charge in [-0.15, -0.1) is 0 Å². The number of non-ortho nitro benzene ring substituents is 1. The second kappa shape index (κ2) is 7.00. The molecule has 0 spiro atoms. The van der Waals surface area contributed by atoms with Gasteiger partial charge in [-0.25, -0.2) is 4.79 Å². The third-order valence-electron chi connectivity index (χ3n) is 2.10. The Bertz CT molecular complexity index is 482. The Morgan fingerprint density at radius 3 is 2.58 bits per heavy atom. The summed E-state index contributed by atoms with van der Waals surface area (Å²) in [4.78, 5) is 21.1. The molecular formula is C12H15N3O4. The van der Waals surface area contributed by atoms with Crippen LogP contribution in [0.3, 0.4) is 0 Å². The van der Waals surface area contributed by atoms with E-state index in [0.717, 1.165) is 0 Å². The molecule has 0 saturated heterocycles. The maximum absolute atomic E-state index is 11.1. The number of carbonyl (C=O) groups is 1. The average Bonchev–Trinajstić information content (AvgIpc) is 2.37. The van der Waals surface area contributed by atoms with Crippen LogP contribution < -0.4 is 10.9 Å². The first kappa shape index (κ1) is 14.5. The Morgan fingerprint density at radius 2 is 2.05 bits per heavy atom. The van der Waals surface area contributed by atoms with Crippen LogP contribution in [-0.2, 0) is 9.53 Å². The first-order valence-electron chi connectivity index (χ1n) is 5.64. The highest BCUT2D eigenvalue weighted by Gasteiger charge is 2.03. The summed E-state index contributed by atoms with van der Waals surface area (Å²) in [5, 5.41) is 10.5. The van der Waals surface area contributed by atoms with Gasteiger partial charge in [0.2, 0.25) is 0 Å². The lowest BCUT2D eigenvalue weighted by Crippen LogP contribution is -2.20. The molecule has 0 heterocycles. The van der Waals surface area contributed by atoms with Crippen molar-refractivity contribution in [2.24, 2.45) is 0 Å². The molecule has 0 aliphatic carbocycles. The molecule has 0 unspecified atom stereocenters. The topological polar surface area (TPSA) is 93.5 Å². The van der Waals surface area contributed by atoms with Crippen molar-refractivity contribution in [3.63, 3.8) is 0 Å². The molecule has 0 aliphatic heterocycles. The Morgan fingerprint density at radius 1 is 1.42 bits per heavy atom. The molecule has 1 aromatic rings. The number of ether oxygens (including phenoxy) is 1. The van der Waals surface area contributed by atoms with Gasteiger partial charge in [0.1, 0.15) is 0 Å². The number of anilines is 1. The monoisotopic (exact) mass is 265 g/mol. The number of allylic oxidation sites excluding steroid dienone is 1. The predicted molar refractivity (Wildman–Crippen MR) is 70.2 cm³/mol. The number of rotatable bonds is 6. The number of carbonyl (C=O) groups excluding carboxylic acids is 1. The molecule has 0 atom stereocenters. The van der Waals surface area contributed by atoms with Crippen molar-refractivity contribution in [3.05, 3.63) is 46.2 Å². The summed E-state index contributed by atoms with van der Waals surface area (Å²) in [7, 11) is 0. The van der Waals surface area contributed by atoms with Crippen LogP contribution in [0.1, 0.15) is 13.8 Å². The van der Waals surface area contributed by atoms with Crippen molar-refractivity contribution in [2.45, 2.75) is 13.8 Å². The highest BCUT2D eigenvalue weighted by Crippen LogP contribution is 2.14. The van der Waals surface area contributed by atoms with Gasteiger partial charge in [-0.05, 0) is 26.0 Å². The van der Waals surface area contributed by atoms with E-state index in [-0.39, 0.29) is 5.69 Å². The number of hydrogen-bond donors (Lipinski definition) is 2. The molecule has 1 aromatic carbocycles. The van der Waals surface area contributed by atoms with Crippen molar-refractivity contribution < 1.29 is 14.5 Å². The van der Waals surface area contributed by atoms with E-state index in [1.165, 1.54) is 18.2 Å². The zero-order valence-corrected chi connectivity index (χ0v) is 10.7. The van der Waals surface area contributed by atoms with Crippen LogP contribution in [0.4, 0.5) is 11.4 Å². The first-order valence-corrected chi connectivity index (χ1v) is 5.64. The van der Waals surface area contributed by atoms with Gasteiger partial charge in [0, 0.05) is 23.9 Å². The Hall–Kier alpha value is -2.57. The Labute approximate surface area is 110 Å². The molecular weight excluding hydrogens is 250 g/mol. The molecule has 7 nitrogen and oxygen atoms in total. The molecule has 0 amide bonds. The second-order valence-corrected chi connectivity index (χ2v) is 3.63.